The molecule has 32 nitrogen and oxygen atoms in total. The minimum atomic E-state index is -4.02. The first-order valence-electron chi connectivity index (χ1n) is 42.3. The predicted octanol–water partition coefficient (Wildman–Crippen LogP) is 10.5. The lowest BCUT2D eigenvalue weighted by molar-refractivity contribution is -0.191. The van der Waals surface area contributed by atoms with Crippen LogP contribution in [0.25, 0.3) is 11.4 Å². The molecule has 0 radical (unpaired) electrons. The zero-order valence-corrected chi connectivity index (χ0v) is 71.4. The van der Waals surface area contributed by atoms with Gasteiger partial charge in [-0.3, -0.25) is 8.74 Å². The molecule has 0 aliphatic carbocycles. The number of rotatable bonds is 24. The smallest absolute Gasteiger partial charge is 0.350 e. The highest BCUT2D eigenvalue weighted by molar-refractivity contribution is 7.86. The zero-order chi connectivity index (χ0) is 90.6. The Morgan fingerprint density at radius 2 is 0.828 bits per heavy atom. The fraction of sp³-hybridized carbons (Fsp3) is 0.364. The van der Waals surface area contributed by atoms with Crippen LogP contribution in [0.15, 0.2) is 239 Å². The predicted molar refractivity (Wildman–Crippen MR) is 464 cm³/mol. The maximum absolute atomic E-state index is 12.8. The number of phenols is 1. The summed E-state index contributed by atoms with van der Waals surface area (Å²) in [5.41, 5.74) is 13.6. The Morgan fingerprint density at radius 3 is 1.19 bits per heavy atom. The van der Waals surface area contributed by atoms with Crippen LogP contribution in [0.5, 0.6) is 11.5 Å². The molecule has 4 N–H and O–H groups in total. The van der Waals surface area contributed by atoms with Crippen molar-refractivity contribution in [2.45, 2.75) is 140 Å². The molecule has 12 aromatic rings. The monoisotopic (exact) mass is 1720 g/mol. The maximum Gasteiger partial charge on any atom is 0.350 e. The van der Waals surface area contributed by atoms with Crippen LogP contribution in [0.4, 0.5) is 22.7 Å². The lowest BCUT2D eigenvalue weighted by atomic mass is 9.98. The summed E-state index contributed by atoms with van der Waals surface area (Å²) < 4.78 is 120. The molecule has 8 aromatic carbocycles. The van der Waals surface area contributed by atoms with E-state index in [2.05, 4.69) is 100 Å². The van der Waals surface area contributed by atoms with Crippen molar-refractivity contribution in [3.8, 4) is 22.9 Å². The fourth-order valence-corrected chi connectivity index (χ4v) is 16.2. The summed E-state index contributed by atoms with van der Waals surface area (Å²) in [6.07, 6.45) is 7.06. The summed E-state index contributed by atoms with van der Waals surface area (Å²) >= 11 is 0. The molecule has 8 heterocycles. The fourth-order valence-electron chi connectivity index (χ4n) is 14.8. The van der Waals surface area contributed by atoms with Gasteiger partial charge in [0.05, 0.1) is 65.3 Å². The van der Waals surface area contributed by atoms with Gasteiger partial charge in [-0.25, -0.2) is 47.4 Å². The minimum absolute atomic E-state index is 0.0666. The number of aryl methyl sites for hydroxylation is 6. The standard InChI is InChI=1S/C37H44N8O5.C22H27N5O3.C22H25N3O5S.C7H8O3S.2H2/c1-26-5-14-35(27(2)19-26)37(22-43-24-38-23-39-43)49-21-34(50-37)20-48-33-12-10-31(11-13-33)42-17-15-41(16-18-42)30-6-8-32(9-7-30)44-25-40-45(36(44)47)28(3)29(4)46;1-16(17(2)28)27-22(30)26(15-23-27)20-5-3-18(4-6-20)24-11-13-25(14-12-24)19-7-9-21(29)10-8-19;1-16-4-7-20(8-5-16)31(26,27)29-12-19-11-28-22(30-19,13-25-15-23-14-24-25)21-9-6-17(2)10-18(21)3;1-6-2-4-7(5-3-6)11(8,9)10;;/h5-14,19,23-25,28-29,34,46H,15-18,20-22H2,1-4H3;3-10,15-17,28-29H,11-14H2,1-2H3;4-10,14-15,19H,11-13H2,1-3H3;2-5H,1H3,(H,8,9,10);2*1H/t28-,29-,34+,37+;16-,17-;19-,22+;;;/m000.../s1/i;;;;1+2T;1+2D. The van der Waals surface area contributed by atoms with E-state index in [9.17, 15) is 41.7 Å². The number of benzene rings is 8. The number of aromatic nitrogens is 12. The third kappa shape index (κ3) is 21.4. The highest BCUT2D eigenvalue weighted by atomic mass is 32.2. The van der Waals surface area contributed by atoms with E-state index in [1.165, 1.54) is 73.6 Å². The van der Waals surface area contributed by atoms with E-state index in [1.807, 2.05) is 113 Å². The van der Waals surface area contributed by atoms with Gasteiger partial charge in [0.25, 0.3) is 20.2 Å². The molecule has 4 aliphatic heterocycles. The summed E-state index contributed by atoms with van der Waals surface area (Å²) in [5.74, 6) is -1.04. The molecule has 4 aliphatic rings. The molecule has 0 saturated carbocycles. The molecule has 0 amide bonds. The van der Waals surface area contributed by atoms with E-state index >= 15 is 0 Å². The molecule has 34 heteroatoms. The average molecular weight is 1720 g/mol. The van der Waals surface area contributed by atoms with Gasteiger partial charge in [0, 0.05) is 92.2 Å². The SMILES string of the molecule is C[C@H](O)[C@H](C)n1ncn(-c2ccc(N3CCN(c4ccc(O)cc4)CC3)cc2)c1=O.Cc1ccc(S(=O)(=O)O)cc1.Cc1ccc(S(=O)(=O)OC[C@@H]2CO[C@@](Cn3cncn3)(c3ccc(C)cc3C)O2)cc1.Cc1ccc([C@]2(Cn3cncn3)OC[C@@H](COc3ccc(N4CCN(c5ccc(-n6cnn([C@@H](C)[C@H](C)O)c6=O)cc5)CC4)cc3)O2)c(C)c1.[2H][3H].[3H][3H]. The van der Waals surface area contributed by atoms with Crippen molar-refractivity contribution in [2.24, 2.45) is 0 Å². The number of phenolic OH excluding ortho intramolecular Hbond substituents is 1. The number of aromatic hydroxyl groups is 1. The number of ether oxygens (including phenoxy) is 5. The third-order valence-electron chi connectivity index (χ3n) is 22.0. The van der Waals surface area contributed by atoms with Crippen LogP contribution in [-0.4, -0.2) is 198 Å². The molecule has 0 bridgehead atoms. The molecular weight excluding hydrogens is 1600 g/mol. The van der Waals surface area contributed by atoms with E-state index < -0.39 is 56.2 Å². The summed E-state index contributed by atoms with van der Waals surface area (Å²) in [6.45, 7) is 27.3. The highest BCUT2D eigenvalue weighted by Crippen LogP contribution is 2.41. The summed E-state index contributed by atoms with van der Waals surface area (Å²) in [5, 5.41) is 45.9. The van der Waals surface area contributed by atoms with Crippen LogP contribution in [0.1, 0.15) is 90.2 Å². The van der Waals surface area contributed by atoms with Crippen molar-refractivity contribution < 1.29 is 70.5 Å². The molecule has 4 fully saturated rings. The topological polar surface area (TPSA) is 359 Å². The lowest BCUT2D eigenvalue weighted by Crippen LogP contribution is -2.46. The van der Waals surface area contributed by atoms with Gasteiger partial charge in [0.2, 0.25) is 11.6 Å². The number of aliphatic hydroxyl groups is 2. The number of aliphatic hydroxyl groups excluding tert-OH is 2. The van der Waals surface area contributed by atoms with Gasteiger partial charge < -0.3 is 58.6 Å². The second-order valence-electron chi connectivity index (χ2n) is 31.0. The van der Waals surface area contributed by atoms with Gasteiger partial charge in [0.1, 0.15) is 81.4 Å². The van der Waals surface area contributed by atoms with Gasteiger partial charge in [-0.2, -0.15) is 37.2 Å². The number of anilines is 4. The third-order valence-corrected chi connectivity index (χ3v) is 24.1. The maximum atomic E-state index is 12.8. The summed E-state index contributed by atoms with van der Waals surface area (Å²) in [6, 6.07) is 55.4. The van der Waals surface area contributed by atoms with Gasteiger partial charge in [-0.05, 0) is 202 Å². The first kappa shape index (κ1) is 85.3. The highest BCUT2D eigenvalue weighted by Gasteiger charge is 2.47. The Labute approximate surface area is 715 Å². The van der Waals surface area contributed by atoms with Crippen LogP contribution in [0, 0.1) is 41.5 Å². The Bertz CT molecular complexity index is 5810. The largest absolute Gasteiger partial charge is 0.508 e. The molecule has 16 rings (SSSR count). The molecule has 648 valence electrons. The number of nitrogens with zero attached hydrogens (tertiary/aromatic N) is 16. The molecule has 4 aromatic heterocycles. The Balaban J connectivity index is 0.000000176. The second kappa shape index (κ2) is 38.6. The average Bonchev–Trinajstić information content (AvgIpc) is 1.62. The van der Waals surface area contributed by atoms with Crippen molar-refractivity contribution in [1.29, 1.82) is 0 Å². The van der Waals surface area contributed by atoms with Crippen LogP contribution >= 0.6 is 0 Å². The Morgan fingerprint density at radius 1 is 0.475 bits per heavy atom. The first-order chi connectivity index (χ1) is 60.4. The zero-order valence-electron chi connectivity index (χ0n) is 73.8. The van der Waals surface area contributed by atoms with Crippen molar-refractivity contribution in [3.63, 3.8) is 0 Å². The number of hydrogen-bond donors (Lipinski definition) is 4. The van der Waals surface area contributed by atoms with Crippen molar-refractivity contribution in [2.75, 3.05) is 98.4 Å². The Hall–Kier alpha value is -11.7. The molecule has 0 spiro atoms. The van der Waals surface area contributed by atoms with Gasteiger partial charge in [-0.15, -0.1) is 0 Å². The molecule has 0 unspecified atom stereocenters. The van der Waals surface area contributed by atoms with E-state index in [1.54, 1.807) is 86.1 Å². The van der Waals surface area contributed by atoms with Crippen molar-refractivity contribution in [3.05, 3.63) is 285 Å². The molecule has 4 saturated heterocycles. The van der Waals surface area contributed by atoms with Crippen molar-refractivity contribution >= 4 is 43.0 Å². The molecular formula is C88H108N16O16S2. The quantitative estimate of drug-likeness (QED) is 0.0322. The summed E-state index contributed by atoms with van der Waals surface area (Å²) in [4.78, 5) is 42.9. The minimum Gasteiger partial charge on any atom is -0.508 e. The summed E-state index contributed by atoms with van der Waals surface area (Å²) in [7, 11) is -7.91. The number of piperazine rings is 2. The molecule has 8 atom stereocenters. The normalized spacial score (nSPS) is 19.1. The second-order valence-corrected chi connectivity index (χ2v) is 34.0. The molecule has 122 heavy (non-hydrogen) atoms. The van der Waals surface area contributed by atoms with E-state index in [4.69, 9.17) is 38.4 Å². The van der Waals surface area contributed by atoms with E-state index in [0.717, 1.165) is 131 Å². The van der Waals surface area contributed by atoms with Gasteiger partial charge in [-0.1, -0.05) is 82.9 Å². The van der Waals surface area contributed by atoms with E-state index in [0.29, 0.717) is 19.8 Å². The van der Waals surface area contributed by atoms with Crippen molar-refractivity contribution in [1.82, 2.24) is 58.2 Å². The van der Waals surface area contributed by atoms with Crippen LogP contribution in [0.3, 0.4) is 0 Å². The Kier molecular flexibility index (Phi) is 27.0. The van der Waals surface area contributed by atoms with Crippen LogP contribution in [-0.2, 0) is 68.0 Å². The van der Waals surface area contributed by atoms with Crippen LogP contribution in [0.2, 0.25) is 0 Å². The first-order valence-corrected chi connectivity index (χ1v) is 43.1. The van der Waals surface area contributed by atoms with Crippen LogP contribution < -0.4 is 35.7 Å². The van der Waals surface area contributed by atoms with Gasteiger partial charge >= 0.3 is 11.4 Å². The van der Waals surface area contributed by atoms with Gasteiger partial charge in [0.15, 0.2) is 0 Å². The number of hydrogen-bond acceptors (Lipinski definition) is 25. The lowest BCUT2D eigenvalue weighted by Gasteiger charge is -2.37. The van der Waals surface area contributed by atoms with E-state index in [-0.39, 0.29) is 58.8 Å².